The minimum Gasteiger partial charge on any atom is -0.378 e. The van der Waals surface area contributed by atoms with Gasteiger partial charge in [0, 0.05) is 18.6 Å². The van der Waals surface area contributed by atoms with Crippen molar-refractivity contribution in [3.63, 3.8) is 0 Å². The van der Waals surface area contributed by atoms with Gasteiger partial charge >= 0.3 is 0 Å². The summed E-state index contributed by atoms with van der Waals surface area (Å²) in [5, 5.41) is 0. The van der Waals surface area contributed by atoms with E-state index in [0.717, 1.165) is 25.0 Å². The van der Waals surface area contributed by atoms with Crippen LogP contribution in [0.5, 0.6) is 0 Å². The van der Waals surface area contributed by atoms with Crippen molar-refractivity contribution in [3.8, 4) is 0 Å². The zero-order valence-electron chi connectivity index (χ0n) is 10.4. The largest absolute Gasteiger partial charge is 0.378 e. The number of ketones is 1. The predicted octanol–water partition coefficient (Wildman–Crippen LogP) is 3.53. The third-order valence-electron chi connectivity index (χ3n) is 3.33. The minimum atomic E-state index is 0.253. The number of ether oxygens (including phenoxy) is 1. The molecule has 0 spiro atoms. The Morgan fingerprint density at radius 1 is 1.35 bits per heavy atom. The molecule has 1 heterocycles. The molecule has 2 nitrogen and oxygen atoms in total. The molecule has 2 rings (SSSR count). The third-order valence-corrected chi connectivity index (χ3v) is 3.33. The molecule has 1 fully saturated rings. The molecule has 0 radical (unpaired) electrons. The van der Waals surface area contributed by atoms with E-state index in [9.17, 15) is 4.79 Å². The summed E-state index contributed by atoms with van der Waals surface area (Å²) in [5.74, 6) is 0.253. The number of hydrogen-bond acceptors (Lipinski definition) is 2. The van der Waals surface area contributed by atoms with E-state index in [0.29, 0.717) is 12.5 Å². The lowest BCUT2D eigenvalue weighted by Crippen LogP contribution is -2.06. The topological polar surface area (TPSA) is 26.3 Å². The van der Waals surface area contributed by atoms with Gasteiger partial charge in [-0.3, -0.25) is 4.79 Å². The minimum absolute atomic E-state index is 0.253. The summed E-state index contributed by atoms with van der Waals surface area (Å²) in [7, 11) is 0. The Balaban J connectivity index is 1.75. The van der Waals surface area contributed by atoms with Crippen molar-refractivity contribution in [1.29, 1.82) is 0 Å². The lowest BCUT2D eigenvalue weighted by Gasteiger charge is -2.08. The van der Waals surface area contributed by atoms with Crippen molar-refractivity contribution in [3.05, 3.63) is 35.4 Å². The highest BCUT2D eigenvalue weighted by Gasteiger charge is 2.15. The molecule has 1 aliphatic rings. The van der Waals surface area contributed by atoms with Gasteiger partial charge in [-0.25, -0.2) is 0 Å². The van der Waals surface area contributed by atoms with Crippen LogP contribution in [0.15, 0.2) is 24.3 Å². The standard InChI is InChI=1S/C15H20O2/c1-12-7-9-13(10-8-12)15(16)6-2-4-14-5-3-11-17-14/h7-10,14H,2-6,11H2,1H3. The Kier molecular flexibility index (Phi) is 4.32. The van der Waals surface area contributed by atoms with Crippen LogP contribution in [0, 0.1) is 6.92 Å². The summed E-state index contributed by atoms with van der Waals surface area (Å²) in [4.78, 5) is 11.9. The number of carbonyl (C=O) groups is 1. The van der Waals surface area contributed by atoms with Gasteiger partial charge in [-0.15, -0.1) is 0 Å². The van der Waals surface area contributed by atoms with Crippen molar-refractivity contribution in [2.45, 2.75) is 45.1 Å². The molecule has 1 aromatic carbocycles. The second-order valence-electron chi connectivity index (χ2n) is 4.82. The molecule has 17 heavy (non-hydrogen) atoms. The van der Waals surface area contributed by atoms with E-state index in [1.54, 1.807) is 0 Å². The van der Waals surface area contributed by atoms with Gasteiger partial charge in [0.25, 0.3) is 0 Å². The van der Waals surface area contributed by atoms with Crippen LogP contribution in [0.4, 0.5) is 0 Å². The van der Waals surface area contributed by atoms with Crippen molar-refractivity contribution in [2.24, 2.45) is 0 Å². The van der Waals surface area contributed by atoms with Crippen LogP contribution in [0.1, 0.15) is 48.0 Å². The van der Waals surface area contributed by atoms with E-state index in [1.165, 1.54) is 18.4 Å². The second-order valence-corrected chi connectivity index (χ2v) is 4.82. The molecule has 0 bridgehead atoms. The summed E-state index contributed by atoms with van der Waals surface area (Å²) in [6.45, 7) is 2.93. The molecule has 1 atom stereocenters. The average Bonchev–Trinajstić information content (AvgIpc) is 2.83. The van der Waals surface area contributed by atoms with Crippen LogP contribution in [0.3, 0.4) is 0 Å². The van der Waals surface area contributed by atoms with Crippen LogP contribution in [-0.4, -0.2) is 18.5 Å². The fourth-order valence-electron chi connectivity index (χ4n) is 2.25. The van der Waals surface area contributed by atoms with E-state index in [2.05, 4.69) is 0 Å². The zero-order valence-corrected chi connectivity index (χ0v) is 10.4. The molecular formula is C15H20O2. The summed E-state index contributed by atoms with van der Waals surface area (Å²) in [6.07, 6.45) is 5.36. The Labute approximate surface area is 103 Å². The SMILES string of the molecule is Cc1ccc(C(=O)CCCC2CCCO2)cc1. The van der Waals surface area contributed by atoms with E-state index < -0.39 is 0 Å². The monoisotopic (exact) mass is 232 g/mol. The lowest BCUT2D eigenvalue weighted by molar-refractivity contribution is 0.0923. The van der Waals surface area contributed by atoms with Crippen LogP contribution < -0.4 is 0 Å². The summed E-state index contributed by atoms with van der Waals surface area (Å²) in [6, 6.07) is 7.83. The highest BCUT2D eigenvalue weighted by Crippen LogP contribution is 2.18. The smallest absolute Gasteiger partial charge is 0.162 e. The first-order valence-electron chi connectivity index (χ1n) is 6.47. The fourth-order valence-corrected chi connectivity index (χ4v) is 2.25. The van der Waals surface area contributed by atoms with Crippen molar-refractivity contribution in [2.75, 3.05) is 6.61 Å². The van der Waals surface area contributed by atoms with Gasteiger partial charge in [-0.05, 0) is 32.6 Å². The van der Waals surface area contributed by atoms with E-state index in [4.69, 9.17) is 4.74 Å². The lowest BCUT2D eigenvalue weighted by atomic mass is 10.0. The van der Waals surface area contributed by atoms with Crippen LogP contribution in [0.2, 0.25) is 0 Å². The molecule has 0 saturated carbocycles. The number of benzene rings is 1. The molecule has 1 aromatic rings. The first kappa shape index (κ1) is 12.3. The van der Waals surface area contributed by atoms with Gasteiger partial charge in [0.2, 0.25) is 0 Å². The maximum absolute atomic E-state index is 11.9. The molecule has 2 heteroatoms. The average molecular weight is 232 g/mol. The Hall–Kier alpha value is -1.15. The number of hydrogen-bond donors (Lipinski definition) is 0. The molecular weight excluding hydrogens is 212 g/mol. The number of aryl methyl sites for hydroxylation is 1. The molecule has 0 amide bonds. The summed E-state index contributed by atoms with van der Waals surface area (Å²) in [5.41, 5.74) is 2.03. The van der Waals surface area contributed by atoms with Crippen molar-refractivity contribution >= 4 is 5.78 Å². The quantitative estimate of drug-likeness (QED) is 0.726. The normalized spacial score (nSPS) is 19.5. The van der Waals surface area contributed by atoms with Gasteiger partial charge in [-0.1, -0.05) is 29.8 Å². The molecule has 0 aliphatic carbocycles. The van der Waals surface area contributed by atoms with Gasteiger partial charge in [0.05, 0.1) is 6.10 Å². The van der Waals surface area contributed by atoms with Crippen molar-refractivity contribution in [1.82, 2.24) is 0 Å². The second kappa shape index (κ2) is 5.97. The predicted molar refractivity (Wildman–Crippen MR) is 68.3 cm³/mol. The van der Waals surface area contributed by atoms with Crippen LogP contribution >= 0.6 is 0 Å². The fraction of sp³-hybridized carbons (Fsp3) is 0.533. The van der Waals surface area contributed by atoms with Gasteiger partial charge in [-0.2, -0.15) is 0 Å². The van der Waals surface area contributed by atoms with Gasteiger partial charge < -0.3 is 4.74 Å². The molecule has 92 valence electrons. The zero-order chi connectivity index (χ0) is 12.1. The maximum atomic E-state index is 11.9. The van der Waals surface area contributed by atoms with Gasteiger partial charge in [0.15, 0.2) is 5.78 Å². The summed E-state index contributed by atoms with van der Waals surface area (Å²) < 4.78 is 5.54. The number of carbonyl (C=O) groups excluding carboxylic acids is 1. The van der Waals surface area contributed by atoms with Gasteiger partial charge in [0.1, 0.15) is 0 Å². The first-order chi connectivity index (χ1) is 8.25. The molecule has 0 N–H and O–H groups in total. The number of rotatable bonds is 5. The molecule has 1 aliphatic heterocycles. The van der Waals surface area contributed by atoms with E-state index >= 15 is 0 Å². The van der Waals surface area contributed by atoms with E-state index in [-0.39, 0.29) is 5.78 Å². The Bertz CT molecular complexity index is 361. The highest BCUT2D eigenvalue weighted by atomic mass is 16.5. The van der Waals surface area contributed by atoms with Crippen LogP contribution in [0.25, 0.3) is 0 Å². The Morgan fingerprint density at radius 2 is 2.12 bits per heavy atom. The van der Waals surface area contributed by atoms with E-state index in [1.807, 2.05) is 31.2 Å². The first-order valence-corrected chi connectivity index (χ1v) is 6.47. The third kappa shape index (κ3) is 3.67. The molecule has 0 aromatic heterocycles. The molecule has 1 unspecified atom stereocenters. The van der Waals surface area contributed by atoms with Crippen molar-refractivity contribution < 1.29 is 9.53 Å². The molecule has 1 saturated heterocycles. The highest BCUT2D eigenvalue weighted by molar-refractivity contribution is 5.96. The Morgan fingerprint density at radius 3 is 2.76 bits per heavy atom. The maximum Gasteiger partial charge on any atom is 0.162 e. The number of Topliss-reactive ketones (excluding diaryl/α,β-unsaturated/α-hetero) is 1. The summed E-state index contributed by atoms with van der Waals surface area (Å²) >= 11 is 0. The van der Waals surface area contributed by atoms with Crippen LogP contribution in [-0.2, 0) is 4.74 Å².